The number of halogens is 1. The number of benzene rings is 2. The van der Waals surface area contributed by atoms with Crippen LogP contribution >= 0.6 is 0 Å². The summed E-state index contributed by atoms with van der Waals surface area (Å²) in [5.74, 6) is 0.656. The number of aliphatic hydroxyl groups is 1. The summed E-state index contributed by atoms with van der Waals surface area (Å²) in [5.41, 5.74) is 1.25. The molecule has 0 saturated carbocycles. The smallest absolute Gasteiger partial charge is 0.133 e. The van der Waals surface area contributed by atoms with Crippen molar-refractivity contribution >= 4 is 0 Å². The Bertz CT molecular complexity index is 550. The highest BCUT2D eigenvalue weighted by Crippen LogP contribution is 2.29. The van der Waals surface area contributed by atoms with E-state index in [0.29, 0.717) is 22.6 Å². The maximum absolute atomic E-state index is 13.4. The fourth-order valence-electron chi connectivity index (χ4n) is 1.68. The number of hydrogen-bond donors (Lipinski definition) is 1. The quantitative estimate of drug-likeness (QED) is 0.887. The van der Waals surface area contributed by atoms with E-state index >= 15 is 0 Å². The van der Waals surface area contributed by atoms with Crippen molar-refractivity contribution in [3.05, 3.63) is 59.4 Å². The maximum atomic E-state index is 13.4. The molecule has 0 aromatic heterocycles. The lowest BCUT2D eigenvalue weighted by Crippen LogP contribution is -1.96. The third kappa shape index (κ3) is 2.68. The Balaban J connectivity index is 2.31. The van der Waals surface area contributed by atoms with Gasteiger partial charge >= 0.3 is 0 Å². The van der Waals surface area contributed by atoms with E-state index in [4.69, 9.17) is 4.74 Å². The van der Waals surface area contributed by atoms with Gasteiger partial charge in [0.2, 0.25) is 0 Å². The van der Waals surface area contributed by atoms with Crippen LogP contribution in [0.5, 0.6) is 11.5 Å². The van der Waals surface area contributed by atoms with Crippen LogP contribution in [0.15, 0.2) is 42.5 Å². The van der Waals surface area contributed by atoms with Crippen molar-refractivity contribution < 1.29 is 14.2 Å². The highest BCUT2D eigenvalue weighted by molar-refractivity contribution is 5.39. The van der Waals surface area contributed by atoms with Crippen molar-refractivity contribution in [3.8, 4) is 11.5 Å². The predicted molar refractivity (Wildman–Crippen MR) is 68.3 cm³/mol. The van der Waals surface area contributed by atoms with Crippen molar-refractivity contribution in [2.45, 2.75) is 20.0 Å². The van der Waals surface area contributed by atoms with Crippen LogP contribution in [0.1, 0.15) is 24.2 Å². The summed E-state index contributed by atoms with van der Waals surface area (Å²) < 4.78 is 19.0. The van der Waals surface area contributed by atoms with Gasteiger partial charge < -0.3 is 9.84 Å². The number of rotatable bonds is 3. The van der Waals surface area contributed by atoms with Crippen LogP contribution in [0.4, 0.5) is 4.39 Å². The molecule has 0 bridgehead atoms. The maximum Gasteiger partial charge on any atom is 0.133 e. The SMILES string of the molecule is Cc1ccc(Oc2ccccc2C(C)O)cc1F. The summed E-state index contributed by atoms with van der Waals surface area (Å²) in [6, 6.07) is 11.9. The van der Waals surface area contributed by atoms with Gasteiger partial charge in [0.15, 0.2) is 0 Å². The summed E-state index contributed by atoms with van der Waals surface area (Å²) in [5, 5.41) is 9.63. The summed E-state index contributed by atoms with van der Waals surface area (Å²) in [4.78, 5) is 0. The van der Waals surface area contributed by atoms with E-state index in [0.717, 1.165) is 0 Å². The molecule has 0 radical (unpaired) electrons. The topological polar surface area (TPSA) is 29.5 Å². The van der Waals surface area contributed by atoms with Crippen LogP contribution < -0.4 is 4.74 Å². The molecular weight excluding hydrogens is 231 g/mol. The van der Waals surface area contributed by atoms with Gasteiger partial charge in [-0.1, -0.05) is 24.3 Å². The lowest BCUT2D eigenvalue weighted by atomic mass is 10.1. The molecule has 18 heavy (non-hydrogen) atoms. The first-order valence-electron chi connectivity index (χ1n) is 5.79. The zero-order valence-electron chi connectivity index (χ0n) is 10.4. The van der Waals surface area contributed by atoms with Crippen LogP contribution in [0.25, 0.3) is 0 Å². The summed E-state index contributed by atoms with van der Waals surface area (Å²) >= 11 is 0. The number of aryl methyl sites for hydroxylation is 1. The van der Waals surface area contributed by atoms with Gasteiger partial charge in [-0.2, -0.15) is 0 Å². The second kappa shape index (κ2) is 5.19. The Hall–Kier alpha value is -1.87. The zero-order chi connectivity index (χ0) is 13.1. The highest BCUT2D eigenvalue weighted by Gasteiger charge is 2.09. The second-order valence-electron chi connectivity index (χ2n) is 4.23. The van der Waals surface area contributed by atoms with Crippen molar-refractivity contribution in [3.63, 3.8) is 0 Å². The Kier molecular flexibility index (Phi) is 3.63. The number of aliphatic hydroxyl groups excluding tert-OH is 1. The van der Waals surface area contributed by atoms with Gasteiger partial charge in [0.25, 0.3) is 0 Å². The molecule has 94 valence electrons. The molecule has 0 saturated heterocycles. The summed E-state index contributed by atoms with van der Waals surface area (Å²) in [6.45, 7) is 3.36. The van der Waals surface area contributed by atoms with Crippen LogP contribution in [0.3, 0.4) is 0 Å². The van der Waals surface area contributed by atoms with Crippen LogP contribution in [0, 0.1) is 12.7 Å². The van der Waals surface area contributed by atoms with Gasteiger partial charge in [-0.25, -0.2) is 4.39 Å². The third-order valence-corrected chi connectivity index (χ3v) is 2.74. The molecule has 2 rings (SSSR count). The van der Waals surface area contributed by atoms with E-state index in [9.17, 15) is 9.50 Å². The van der Waals surface area contributed by atoms with Crippen LogP contribution in [-0.4, -0.2) is 5.11 Å². The Morgan fingerprint density at radius 3 is 2.56 bits per heavy atom. The molecule has 0 aliphatic carbocycles. The van der Waals surface area contributed by atoms with Gasteiger partial charge in [-0.3, -0.25) is 0 Å². The largest absolute Gasteiger partial charge is 0.457 e. The minimum atomic E-state index is -0.628. The molecule has 1 N–H and O–H groups in total. The zero-order valence-corrected chi connectivity index (χ0v) is 10.4. The Morgan fingerprint density at radius 1 is 1.17 bits per heavy atom. The van der Waals surface area contributed by atoms with E-state index < -0.39 is 6.10 Å². The third-order valence-electron chi connectivity index (χ3n) is 2.74. The fourth-order valence-corrected chi connectivity index (χ4v) is 1.68. The molecule has 2 aromatic rings. The van der Waals surface area contributed by atoms with E-state index in [1.807, 2.05) is 12.1 Å². The molecule has 0 heterocycles. The molecule has 0 amide bonds. The molecule has 0 spiro atoms. The molecule has 0 aliphatic rings. The minimum absolute atomic E-state index is 0.304. The number of ether oxygens (including phenoxy) is 1. The minimum Gasteiger partial charge on any atom is -0.457 e. The molecule has 1 unspecified atom stereocenters. The lowest BCUT2D eigenvalue weighted by Gasteiger charge is -2.13. The van der Waals surface area contributed by atoms with Gasteiger partial charge in [0.1, 0.15) is 17.3 Å². The summed E-state index contributed by atoms with van der Waals surface area (Å²) in [6.07, 6.45) is -0.628. The molecular formula is C15H15FO2. The predicted octanol–water partition coefficient (Wildman–Crippen LogP) is 3.98. The number of para-hydroxylation sites is 1. The first-order chi connectivity index (χ1) is 8.58. The molecule has 2 nitrogen and oxygen atoms in total. The van der Waals surface area contributed by atoms with Crippen molar-refractivity contribution in [1.29, 1.82) is 0 Å². The fraction of sp³-hybridized carbons (Fsp3) is 0.200. The van der Waals surface area contributed by atoms with Crippen molar-refractivity contribution in [2.75, 3.05) is 0 Å². The average molecular weight is 246 g/mol. The van der Waals surface area contributed by atoms with Gasteiger partial charge in [-0.15, -0.1) is 0 Å². The Labute approximate surface area is 106 Å². The first kappa shape index (κ1) is 12.6. The lowest BCUT2D eigenvalue weighted by molar-refractivity contribution is 0.195. The molecule has 3 heteroatoms. The van der Waals surface area contributed by atoms with E-state index in [-0.39, 0.29) is 5.82 Å². The second-order valence-corrected chi connectivity index (χ2v) is 4.23. The van der Waals surface area contributed by atoms with Crippen molar-refractivity contribution in [2.24, 2.45) is 0 Å². The Morgan fingerprint density at radius 2 is 1.89 bits per heavy atom. The van der Waals surface area contributed by atoms with Gasteiger partial charge in [-0.05, 0) is 31.5 Å². The highest BCUT2D eigenvalue weighted by atomic mass is 19.1. The van der Waals surface area contributed by atoms with E-state index in [1.54, 1.807) is 38.1 Å². The number of hydrogen-bond acceptors (Lipinski definition) is 2. The van der Waals surface area contributed by atoms with Crippen molar-refractivity contribution in [1.82, 2.24) is 0 Å². The molecule has 0 fully saturated rings. The van der Waals surface area contributed by atoms with Crippen LogP contribution in [-0.2, 0) is 0 Å². The van der Waals surface area contributed by atoms with E-state index in [1.165, 1.54) is 6.07 Å². The first-order valence-corrected chi connectivity index (χ1v) is 5.79. The van der Waals surface area contributed by atoms with E-state index in [2.05, 4.69) is 0 Å². The molecule has 1 atom stereocenters. The monoisotopic (exact) mass is 246 g/mol. The van der Waals surface area contributed by atoms with Gasteiger partial charge in [0, 0.05) is 11.6 Å². The average Bonchev–Trinajstić information content (AvgIpc) is 2.34. The standard InChI is InChI=1S/C15H15FO2/c1-10-7-8-12(9-14(10)16)18-15-6-4-3-5-13(15)11(2)17/h3-9,11,17H,1-2H3. The molecule has 0 aliphatic heterocycles. The normalized spacial score (nSPS) is 12.2. The van der Waals surface area contributed by atoms with Gasteiger partial charge in [0.05, 0.1) is 6.10 Å². The summed E-state index contributed by atoms with van der Waals surface area (Å²) in [7, 11) is 0. The van der Waals surface area contributed by atoms with Crippen LogP contribution in [0.2, 0.25) is 0 Å². The molecule has 2 aromatic carbocycles.